The summed E-state index contributed by atoms with van der Waals surface area (Å²) in [6.45, 7) is 8.18. The van der Waals surface area contributed by atoms with Crippen molar-refractivity contribution < 1.29 is 31.3 Å². The van der Waals surface area contributed by atoms with E-state index in [1.807, 2.05) is 32.0 Å². The van der Waals surface area contributed by atoms with E-state index in [2.05, 4.69) is 35.1 Å². The molecule has 0 unspecified atom stereocenters. The van der Waals surface area contributed by atoms with Gasteiger partial charge in [0, 0.05) is 6.07 Å². The van der Waals surface area contributed by atoms with Gasteiger partial charge < -0.3 is 44.6 Å². The van der Waals surface area contributed by atoms with E-state index in [0.717, 1.165) is 16.9 Å². The minimum Gasteiger partial charge on any atom is -1.00 e. The molecule has 3 rings (SSSR count). The molecule has 15 heteroatoms. The average Bonchev–Trinajstić information content (AvgIpc) is 3.18. The van der Waals surface area contributed by atoms with Gasteiger partial charge in [-0.3, -0.25) is 9.59 Å². The monoisotopic (exact) mass is 589 g/mol. The summed E-state index contributed by atoms with van der Waals surface area (Å²) < 4.78 is 10.1. The highest BCUT2D eigenvalue weighted by Gasteiger charge is 2.25. The molecule has 1 aromatic carbocycles. The SMILES string of the molecule is CCn1c(CNC(=O)c2nc(Cl)c(N)nc2N)[n+](CC)c2ccc(OCCNC(=O)[C@H](C)NC)cc21.Cl.[Cl-]. The van der Waals surface area contributed by atoms with Gasteiger partial charge in [0.05, 0.1) is 25.7 Å². The number of nitrogens with one attached hydrogen (secondary N) is 3. The summed E-state index contributed by atoms with van der Waals surface area (Å²) in [6.07, 6.45) is 0. The van der Waals surface area contributed by atoms with E-state index in [9.17, 15) is 9.59 Å². The number of imidazole rings is 1. The van der Waals surface area contributed by atoms with Crippen molar-refractivity contribution in [3.63, 3.8) is 0 Å². The second-order valence-electron chi connectivity index (χ2n) is 8.02. The highest BCUT2D eigenvalue weighted by atomic mass is 35.5. The fraction of sp³-hybridized carbons (Fsp3) is 0.435. The average molecular weight is 591 g/mol. The molecule has 38 heavy (non-hydrogen) atoms. The molecule has 0 fully saturated rings. The molecule has 0 bridgehead atoms. The van der Waals surface area contributed by atoms with Crippen LogP contribution in [0, 0.1) is 0 Å². The zero-order valence-electron chi connectivity index (χ0n) is 21.7. The number of nitrogens with two attached hydrogens (primary N) is 2. The molecule has 2 amide bonds. The maximum Gasteiger partial charge on any atom is 0.277 e. The Hall–Kier alpha value is -3.06. The molecule has 0 aliphatic carbocycles. The van der Waals surface area contributed by atoms with Crippen LogP contribution in [-0.4, -0.2) is 52.6 Å². The largest absolute Gasteiger partial charge is 1.00 e. The third-order valence-corrected chi connectivity index (χ3v) is 6.09. The van der Waals surface area contributed by atoms with Gasteiger partial charge in [0.25, 0.3) is 11.7 Å². The van der Waals surface area contributed by atoms with E-state index >= 15 is 0 Å². The van der Waals surface area contributed by atoms with Crippen molar-refractivity contribution in [2.24, 2.45) is 0 Å². The Balaban J connectivity index is 0.00000361. The minimum atomic E-state index is -0.504. The third-order valence-electron chi connectivity index (χ3n) is 5.81. The Morgan fingerprint density at radius 3 is 2.53 bits per heavy atom. The number of hydrogen-bond donors (Lipinski definition) is 5. The lowest BCUT2D eigenvalue weighted by molar-refractivity contribution is -0.676. The van der Waals surface area contributed by atoms with E-state index in [1.165, 1.54) is 0 Å². The first kappa shape index (κ1) is 33.0. The first-order chi connectivity index (χ1) is 17.2. The Morgan fingerprint density at radius 1 is 1.18 bits per heavy atom. The van der Waals surface area contributed by atoms with Crippen LogP contribution in [0.5, 0.6) is 5.75 Å². The van der Waals surface area contributed by atoms with Crippen LogP contribution < -0.4 is 49.1 Å². The van der Waals surface area contributed by atoms with E-state index in [-0.39, 0.29) is 65.8 Å². The minimum absolute atomic E-state index is 0. The molecular formula is C23H34Cl3N9O3. The number of halogens is 3. The molecule has 210 valence electrons. The lowest BCUT2D eigenvalue weighted by atomic mass is 10.3. The van der Waals surface area contributed by atoms with Crippen LogP contribution in [-0.2, 0) is 24.4 Å². The van der Waals surface area contributed by atoms with E-state index in [1.54, 1.807) is 14.0 Å². The number of aryl methyl sites for hydroxylation is 2. The topological polar surface area (TPSA) is 166 Å². The number of rotatable bonds is 11. The summed E-state index contributed by atoms with van der Waals surface area (Å²) in [5.74, 6) is 0.865. The van der Waals surface area contributed by atoms with Crippen LogP contribution in [0.1, 0.15) is 37.1 Å². The zero-order valence-corrected chi connectivity index (χ0v) is 24.0. The smallest absolute Gasteiger partial charge is 0.277 e. The van der Waals surface area contributed by atoms with Crippen LogP contribution in [0.2, 0.25) is 5.15 Å². The highest BCUT2D eigenvalue weighted by molar-refractivity contribution is 6.31. The van der Waals surface area contributed by atoms with Gasteiger partial charge in [-0.25, -0.2) is 19.1 Å². The van der Waals surface area contributed by atoms with E-state index in [0.29, 0.717) is 32.0 Å². The van der Waals surface area contributed by atoms with Crippen molar-refractivity contribution in [1.82, 2.24) is 30.5 Å². The number of carbonyl (C=O) groups is 2. The Bertz CT molecular complexity index is 1270. The van der Waals surface area contributed by atoms with Crippen LogP contribution in [0.3, 0.4) is 0 Å². The second kappa shape index (κ2) is 14.8. The molecule has 7 N–H and O–H groups in total. The summed E-state index contributed by atoms with van der Waals surface area (Å²) in [5.41, 5.74) is 13.3. The number of amides is 2. The van der Waals surface area contributed by atoms with Gasteiger partial charge in [0.15, 0.2) is 33.5 Å². The van der Waals surface area contributed by atoms with Gasteiger partial charge in [-0.2, -0.15) is 0 Å². The first-order valence-corrected chi connectivity index (χ1v) is 12.1. The number of nitrogens with zero attached hydrogens (tertiary/aromatic N) is 4. The van der Waals surface area contributed by atoms with Crippen LogP contribution >= 0.6 is 24.0 Å². The van der Waals surface area contributed by atoms with Gasteiger partial charge in [0.2, 0.25) is 5.91 Å². The number of anilines is 2. The van der Waals surface area contributed by atoms with Crippen molar-refractivity contribution in [2.75, 3.05) is 31.7 Å². The van der Waals surface area contributed by atoms with Crippen molar-refractivity contribution >= 4 is 58.5 Å². The fourth-order valence-electron chi connectivity index (χ4n) is 3.84. The molecule has 1 atom stereocenters. The van der Waals surface area contributed by atoms with Gasteiger partial charge in [-0.15, -0.1) is 12.4 Å². The van der Waals surface area contributed by atoms with E-state index < -0.39 is 5.91 Å². The third kappa shape index (κ3) is 7.28. The summed E-state index contributed by atoms with van der Waals surface area (Å²) in [6, 6.07) is 5.56. The summed E-state index contributed by atoms with van der Waals surface area (Å²) in [7, 11) is 1.73. The summed E-state index contributed by atoms with van der Waals surface area (Å²) >= 11 is 5.91. The lowest BCUT2D eigenvalue weighted by Gasteiger charge is -2.11. The first-order valence-electron chi connectivity index (χ1n) is 11.7. The number of fused-ring (bicyclic) bond motifs is 1. The number of likely N-dealkylation sites (N-methyl/N-ethyl adjacent to an activating group) is 1. The summed E-state index contributed by atoms with van der Waals surface area (Å²) in [4.78, 5) is 32.5. The zero-order chi connectivity index (χ0) is 26.4. The number of benzene rings is 1. The molecule has 0 radical (unpaired) electrons. The van der Waals surface area contributed by atoms with Crippen LogP contribution in [0.15, 0.2) is 18.2 Å². The number of hydrogen-bond acceptors (Lipinski definition) is 8. The summed E-state index contributed by atoms with van der Waals surface area (Å²) in [5, 5.41) is 8.50. The van der Waals surface area contributed by atoms with E-state index in [4.69, 9.17) is 27.8 Å². The number of nitrogen functional groups attached to an aromatic ring is 2. The van der Waals surface area contributed by atoms with Crippen molar-refractivity contribution in [3.8, 4) is 5.75 Å². The normalized spacial score (nSPS) is 11.3. The molecule has 3 aromatic rings. The van der Waals surface area contributed by atoms with Crippen LogP contribution in [0.4, 0.5) is 11.6 Å². The maximum absolute atomic E-state index is 12.8. The predicted octanol–water partition coefficient (Wildman–Crippen LogP) is -1.96. The van der Waals surface area contributed by atoms with Crippen molar-refractivity contribution in [2.45, 2.75) is 46.4 Å². The lowest BCUT2D eigenvalue weighted by Crippen LogP contribution is -3.00. The highest BCUT2D eigenvalue weighted by Crippen LogP contribution is 2.22. The number of carbonyl (C=O) groups excluding carboxylic acids is 2. The molecule has 0 spiro atoms. The molecule has 0 saturated heterocycles. The molecule has 2 heterocycles. The van der Waals surface area contributed by atoms with Gasteiger partial charge in [0.1, 0.15) is 18.9 Å². The van der Waals surface area contributed by atoms with Crippen molar-refractivity contribution in [1.29, 1.82) is 0 Å². The molecule has 0 aliphatic heterocycles. The predicted molar refractivity (Wildman–Crippen MR) is 145 cm³/mol. The van der Waals surface area contributed by atoms with Gasteiger partial charge in [-0.1, -0.05) is 11.6 Å². The molecular weight excluding hydrogens is 557 g/mol. The maximum atomic E-state index is 12.8. The van der Waals surface area contributed by atoms with Crippen LogP contribution in [0.25, 0.3) is 11.0 Å². The molecule has 2 aromatic heterocycles. The fourth-order valence-corrected chi connectivity index (χ4v) is 3.96. The number of aromatic nitrogens is 4. The van der Waals surface area contributed by atoms with Gasteiger partial charge in [-0.05, 0) is 40.0 Å². The van der Waals surface area contributed by atoms with Crippen molar-refractivity contribution in [3.05, 3.63) is 34.9 Å². The Kier molecular flexibility index (Phi) is 12.8. The Labute approximate surface area is 238 Å². The molecule has 12 nitrogen and oxygen atoms in total. The molecule has 0 saturated carbocycles. The quantitative estimate of drug-likeness (QED) is 0.127. The van der Waals surface area contributed by atoms with Gasteiger partial charge >= 0.3 is 0 Å². The standard InChI is InChI=1S/C23H32ClN9O3.2ClH/c1-5-32-15-8-7-14(36-10-9-28-22(34)13(3)27-4)11-16(15)33(6-2)17(32)12-29-23(35)18-20(25)31-21(26)19(24)30-18;;/h7-8,11,13,27H,5-6,9-10,12H2,1-4H3,(H5-,25,26,28,29,31,34,35);2*1H/t13-;;/m0../s1. The number of ether oxygens (including phenoxy) is 1. The second-order valence-corrected chi connectivity index (χ2v) is 8.38. The Morgan fingerprint density at radius 2 is 1.89 bits per heavy atom. The molecule has 0 aliphatic rings.